The second-order valence-electron chi connectivity index (χ2n) is 9.75. The first-order chi connectivity index (χ1) is 17.0. The van der Waals surface area contributed by atoms with Crippen molar-refractivity contribution in [2.45, 2.75) is 44.7 Å². The third-order valence-corrected chi connectivity index (χ3v) is 8.19. The number of piperazine rings is 1. The standard InChI is InChI=1S/C25H33N7O2S/c1-16-7-12-35-23(16)22(34)19-13-26-24-21(19)25(28-15-27-24)30-18-5-3-17(4-6-18)29-20(33)14-32-10-8-31(2)9-11-32/h7,12-13,15,17-18H,3-6,8-11,14H2,1-2H3,(H,29,33)(H2,26,27,28,30). The van der Waals surface area contributed by atoms with Gasteiger partial charge in [0, 0.05) is 44.5 Å². The third-order valence-electron chi connectivity index (χ3n) is 7.18. The van der Waals surface area contributed by atoms with E-state index in [1.165, 1.54) is 17.7 Å². The molecule has 1 aliphatic carbocycles. The van der Waals surface area contributed by atoms with Gasteiger partial charge in [0.05, 0.1) is 22.4 Å². The number of nitrogens with one attached hydrogen (secondary N) is 3. The molecule has 186 valence electrons. The van der Waals surface area contributed by atoms with Gasteiger partial charge in [0.15, 0.2) is 0 Å². The lowest BCUT2D eigenvalue weighted by Gasteiger charge is -2.33. The van der Waals surface area contributed by atoms with E-state index in [0.717, 1.165) is 67.7 Å². The second-order valence-corrected chi connectivity index (χ2v) is 10.7. The average Bonchev–Trinajstić information content (AvgIpc) is 3.48. The number of rotatable bonds is 7. The van der Waals surface area contributed by atoms with Crippen molar-refractivity contribution in [1.82, 2.24) is 30.1 Å². The van der Waals surface area contributed by atoms with Crippen LogP contribution in [0, 0.1) is 6.92 Å². The van der Waals surface area contributed by atoms with Gasteiger partial charge in [-0.2, -0.15) is 0 Å². The lowest BCUT2D eigenvalue weighted by molar-refractivity contribution is -0.123. The Bertz CT molecular complexity index is 1190. The number of H-pyrrole nitrogens is 1. The molecule has 1 saturated heterocycles. The van der Waals surface area contributed by atoms with E-state index in [4.69, 9.17) is 0 Å². The third kappa shape index (κ3) is 5.39. The summed E-state index contributed by atoms with van der Waals surface area (Å²) in [6.45, 7) is 6.37. The Kier molecular flexibility index (Phi) is 7.12. The van der Waals surface area contributed by atoms with Crippen molar-refractivity contribution in [3.63, 3.8) is 0 Å². The van der Waals surface area contributed by atoms with Gasteiger partial charge in [-0.3, -0.25) is 14.5 Å². The van der Waals surface area contributed by atoms with Crippen molar-refractivity contribution in [3.8, 4) is 0 Å². The quantitative estimate of drug-likeness (QED) is 0.433. The number of thiophene rings is 1. The summed E-state index contributed by atoms with van der Waals surface area (Å²) >= 11 is 1.46. The molecule has 3 aromatic rings. The van der Waals surface area contributed by atoms with E-state index >= 15 is 0 Å². The van der Waals surface area contributed by atoms with Crippen molar-refractivity contribution in [2.75, 3.05) is 45.1 Å². The number of aromatic nitrogens is 3. The Morgan fingerprint density at radius 3 is 2.57 bits per heavy atom. The number of nitrogens with zero attached hydrogens (tertiary/aromatic N) is 4. The predicted octanol–water partition coefficient (Wildman–Crippen LogP) is 2.65. The number of carbonyl (C=O) groups is 2. The molecule has 0 aromatic carbocycles. The van der Waals surface area contributed by atoms with E-state index in [1.807, 2.05) is 18.4 Å². The van der Waals surface area contributed by atoms with Crippen LogP contribution in [0.4, 0.5) is 5.82 Å². The summed E-state index contributed by atoms with van der Waals surface area (Å²) in [5.41, 5.74) is 2.23. The fourth-order valence-corrected chi connectivity index (χ4v) is 5.92. The van der Waals surface area contributed by atoms with Gasteiger partial charge in [0.25, 0.3) is 0 Å². The summed E-state index contributed by atoms with van der Waals surface area (Å²) in [5, 5.41) is 9.48. The molecular formula is C25H33N7O2S. The molecule has 10 heteroatoms. The van der Waals surface area contributed by atoms with Gasteiger partial charge in [-0.1, -0.05) is 0 Å². The van der Waals surface area contributed by atoms with Gasteiger partial charge in [-0.15, -0.1) is 11.3 Å². The molecule has 3 N–H and O–H groups in total. The number of aromatic amines is 1. The van der Waals surface area contributed by atoms with E-state index in [-0.39, 0.29) is 23.8 Å². The Hall–Kier alpha value is -2.82. The maximum absolute atomic E-state index is 13.2. The molecule has 5 rings (SSSR count). The molecule has 0 spiro atoms. The van der Waals surface area contributed by atoms with Gasteiger partial charge in [0.1, 0.15) is 17.8 Å². The first-order valence-electron chi connectivity index (χ1n) is 12.4. The van der Waals surface area contributed by atoms with Crippen LogP contribution >= 0.6 is 11.3 Å². The fourth-order valence-electron chi connectivity index (χ4n) is 5.04. The zero-order chi connectivity index (χ0) is 24.4. The Morgan fingerprint density at radius 2 is 1.86 bits per heavy atom. The van der Waals surface area contributed by atoms with Crippen molar-refractivity contribution < 1.29 is 9.59 Å². The van der Waals surface area contributed by atoms with Crippen LogP contribution in [0.3, 0.4) is 0 Å². The first kappa shape index (κ1) is 23.9. The summed E-state index contributed by atoms with van der Waals surface area (Å²) in [6, 6.07) is 2.41. The summed E-state index contributed by atoms with van der Waals surface area (Å²) in [5.74, 6) is 0.813. The number of likely N-dealkylation sites (N-methyl/N-ethyl adjacent to an activating group) is 1. The number of fused-ring (bicyclic) bond motifs is 1. The van der Waals surface area contributed by atoms with E-state index in [9.17, 15) is 9.59 Å². The number of carbonyl (C=O) groups excluding carboxylic acids is 2. The van der Waals surface area contributed by atoms with Crippen LogP contribution in [-0.4, -0.2) is 88.3 Å². The molecule has 2 aliphatic rings. The van der Waals surface area contributed by atoms with E-state index in [0.29, 0.717) is 23.6 Å². The molecule has 3 aromatic heterocycles. The predicted molar refractivity (Wildman–Crippen MR) is 138 cm³/mol. The van der Waals surface area contributed by atoms with Gasteiger partial charge in [-0.05, 0) is 56.7 Å². The van der Waals surface area contributed by atoms with Crippen molar-refractivity contribution in [2.24, 2.45) is 0 Å². The van der Waals surface area contributed by atoms with Crippen LogP contribution in [-0.2, 0) is 4.79 Å². The van der Waals surface area contributed by atoms with Gasteiger partial charge in [-0.25, -0.2) is 9.97 Å². The lowest BCUT2D eigenvalue weighted by Crippen LogP contribution is -2.50. The summed E-state index contributed by atoms with van der Waals surface area (Å²) in [6.07, 6.45) is 6.97. The maximum Gasteiger partial charge on any atom is 0.234 e. The number of hydrogen-bond donors (Lipinski definition) is 3. The lowest BCUT2D eigenvalue weighted by atomic mass is 9.91. The second kappa shape index (κ2) is 10.4. The Morgan fingerprint density at radius 1 is 1.11 bits per heavy atom. The number of amides is 1. The number of ketones is 1. The molecule has 0 unspecified atom stereocenters. The van der Waals surface area contributed by atoms with Crippen LogP contribution in [0.15, 0.2) is 24.0 Å². The highest BCUT2D eigenvalue weighted by molar-refractivity contribution is 7.12. The smallest absolute Gasteiger partial charge is 0.234 e. The van der Waals surface area contributed by atoms with E-state index in [2.05, 4.69) is 42.4 Å². The maximum atomic E-state index is 13.2. The minimum atomic E-state index is -0.00614. The molecule has 0 bridgehead atoms. The topological polar surface area (TPSA) is 106 Å². The molecule has 1 amide bonds. The molecule has 35 heavy (non-hydrogen) atoms. The molecule has 4 heterocycles. The molecule has 9 nitrogen and oxygen atoms in total. The van der Waals surface area contributed by atoms with Gasteiger partial charge in [0.2, 0.25) is 11.7 Å². The molecular weight excluding hydrogens is 462 g/mol. The molecule has 0 atom stereocenters. The highest BCUT2D eigenvalue weighted by Gasteiger charge is 2.26. The van der Waals surface area contributed by atoms with Crippen molar-refractivity contribution in [1.29, 1.82) is 0 Å². The molecule has 0 radical (unpaired) electrons. The summed E-state index contributed by atoms with van der Waals surface area (Å²) in [4.78, 5) is 43.0. The summed E-state index contributed by atoms with van der Waals surface area (Å²) in [7, 11) is 2.12. The van der Waals surface area contributed by atoms with Crippen LogP contribution < -0.4 is 10.6 Å². The van der Waals surface area contributed by atoms with Gasteiger partial charge >= 0.3 is 0 Å². The van der Waals surface area contributed by atoms with Crippen LogP contribution in [0.5, 0.6) is 0 Å². The van der Waals surface area contributed by atoms with Crippen LogP contribution in [0.25, 0.3) is 11.0 Å². The fraction of sp³-hybridized carbons (Fsp3) is 0.520. The van der Waals surface area contributed by atoms with Crippen LogP contribution in [0.1, 0.15) is 46.5 Å². The number of anilines is 1. The molecule has 1 aliphatic heterocycles. The largest absolute Gasteiger partial charge is 0.367 e. The van der Waals surface area contributed by atoms with E-state index < -0.39 is 0 Å². The number of aryl methyl sites for hydroxylation is 1. The van der Waals surface area contributed by atoms with E-state index in [1.54, 1.807) is 6.20 Å². The molecule has 1 saturated carbocycles. The first-order valence-corrected chi connectivity index (χ1v) is 13.2. The normalized spacial score (nSPS) is 21.8. The van der Waals surface area contributed by atoms with Crippen molar-refractivity contribution in [3.05, 3.63) is 40.0 Å². The Balaban J connectivity index is 1.19. The Labute approximate surface area is 209 Å². The van der Waals surface area contributed by atoms with Crippen molar-refractivity contribution >= 4 is 39.9 Å². The highest BCUT2D eigenvalue weighted by atomic mass is 32.1. The molecule has 2 fully saturated rings. The average molecular weight is 496 g/mol. The van der Waals surface area contributed by atoms with Gasteiger partial charge < -0.3 is 20.5 Å². The van der Waals surface area contributed by atoms with Crippen LogP contribution in [0.2, 0.25) is 0 Å². The highest BCUT2D eigenvalue weighted by Crippen LogP contribution is 2.30. The minimum Gasteiger partial charge on any atom is -0.367 e. The summed E-state index contributed by atoms with van der Waals surface area (Å²) < 4.78 is 0. The number of hydrogen-bond acceptors (Lipinski definition) is 8. The zero-order valence-electron chi connectivity index (χ0n) is 20.3. The minimum absolute atomic E-state index is 0.00614. The monoisotopic (exact) mass is 495 g/mol. The zero-order valence-corrected chi connectivity index (χ0v) is 21.2. The SMILES string of the molecule is Cc1ccsc1C(=O)c1c[nH]c2ncnc(NC3CCC(NC(=O)CN4CCN(C)CC4)CC3)c12.